The van der Waals surface area contributed by atoms with Crippen molar-refractivity contribution in [3.63, 3.8) is 0 Å². The van der Waals surface area contributed by atoms with E-state index in [2.05, 4.69) is 4.98 Å². The Kier molecular flexibility index (Phi) is 3.25. The molecule has 0 aromatic carbocycles. The van der Waals surface area contributed by atoms with Crippen LogP contribution in [0.4, 0.5) is 0 Å². The van der Waals surface area contributed by atoms with Crippen molar-refractivity contribution in [1.82, 2.24) is 4.98 Å². The van der Waals surface area contributed by atoms with Crippen LogP contribution < -0.4 is 9.47 Å². The zero-order valence-corrected chi connectivity index (χ0v) is 7.61. The van der Waals surface area contributed by atoms with Crippen molar-refractivity contribution < 1.29 is 14.3 Å². The predicted octanol–water partition coefficient (Wildman–Crippen LogP) is 1.06. The van der Waals surface area contributed by atoms with Gasteiger partial charge in [-0.3, -0.25) is 4.79 Å². The second-order valence-electron chi connectivity index (χ2n) is 2.53. The van der Waals surface area contributed by atoms with Crippen LogP contribution in [0, 0.1) is 0 Å². The molecule has 4 heteroatoms. The van der Waals surface area contributed by atoms with Crippen molar-refractivity contribution >= 4 is 5.78 Å². The summed E-state index contributed by atoms with van der Waals surface area (Å²) in [5, 5.41) is 0. The van der Waals surface area contributed by atoms with Gasteiger partial charge in [0.15, 0.2) is 5.78 Å². The van der Waals surface area contributed by atoms with Gasteiger partial charge in [0.1, 0.15) is 12.4 Å². The molecule has 0 bridgehead atoms. The van der Waals surface area contributed by atoms with Gasteiger partial charge in [0, 0.05) is 6.07 Å². The van der Waals surface area contributed by atoms with E-state index >= 15 is 0 Å². The molecule has 1 rings (SSSR count). The van der Waals surface area contributed by atoms with E-state index in [-0.39, 0.29) is 12.4 Å². The summed E-state index contributed by atoms with van der Waals surface area (Å²) in [6, 6.07) is 3.38. The quantitative estimate of drug-likeness (QED) is 0.696. The Morgan fingerprint density at radius 2 is 2.31 bits per heavy atom. The summed E-state index contributed by atoms with van der Waals surface area (Å²) in [6.45, 7) is 1.55. The highest BCUT2D eigenvalue weighted by atomic mass is 16.5. The number of nitrogens with zero attached hydrogens (tertiary/aromatic N) is 1. The van der Waals surface area contributed by atoms with Gasteiger partial charge in [0.2, 0.25) is 5.88 Å². The molecule has 0 radical (unpaired) electrons. The smallest absolute Gasteiger partial charge is 0.213 e. The first-order chi connectivity index (χ1) is 6.22. The molecule has 0 unspecified atom stereocenters. The molecule has 1 heterocycles. The summed E-state index contributed by atoms with van der Waals surface area (Å²) in [5.41, 5.74) is 0. The van der Waals surface area contributed by atoms with Crippen molar-refractivity contribution in [2.24, 2.45) is 0 Å². The molecule has 4 nitrogen and oxygen atoms in total. The van der Waals surface area contributed by atoms with Crippen LogP contribution in [0.2, 0.25) is 0 Å². The van der Waals surface area contributed by atoms with Crippen LogP contribution in [0.15, 0.2) is 18.3 Å². The molecule has 0 aliphatic rings. The number of methoxy groups -OCH3 is 1. The number of Topliss-reactive ketones (excluding diaryl/α,β-unsaturated/α-hetero) is 1. The molecule has 0 atom stereocenters. The molecule has 0 amide bonds. The van der Waals surface area contributed by atoms with Gasteiger partial charge in [0.05, 0.1) is 13.3 Å². The average Bonchev–Trinajstić information content (AvgIpc) is 2.15. The second kappa shape index (κ2) is 4.45. The predicted molar refractivity (Wildman–Crippen MR) is 47.0 cm³/mol. The lowest BCUT2D eigenvalue weighted by Crippen LogP contribution is -2.06. The number of rotatable bonds is 4. The van der Waals surface area contributed by atoms with Gasteiger partial charge >= 0.3 is 0 Å². The lowest BCUT2D eigenvalue weighted by molar-refractivity contribution is -0.118. The van der Waals surface area contributed by atoms with Crippen molar-refractivity contribution in [3.8, 4) is 11.6 Å². The summed E-state index contributed by atoms with van der Waals surface area (Å²) in [6.07, 6.45) is 1.52. The summed E-state index contributed by atoms with van der Waals surface area (Å²) in [4.78, 5) is 14.5. The fourth-order valence-electron chi connectivity index (χ4n) is 0.758. The van der Waals surface area contributed by atoms with E-state index < -0.39 is 0 Å². The van der Waals surface area contributed by atoms with Crippen molar-refractivity contribution in [2.75, 3.05) is 13.7 Å². The zero-order chi connectivity index (χ0) is 9.68. The molecule has 1 aromatic rings. The first kappa shape index (κ1) is 9.51. The number of hydrogen-bond acceptors (Lipinski definition) is 4. The number of hydrogen-bond donors (Lipinski definition) is 0. The highest BCUT2D eigenvalue weighted by Gasteiger charge is 1.97. The molecule has 13 heavy (non-hydrogen) atoms. The fraction of sp³-hybridized carbons (Fsp3) is 0.333. The van der Waals surface area contributed by atoms with Gasteiger partial charge in [0.25, 0.3) is 0 Å². The minimum atomic E-state index is -0.0178. The third kappa shape index (κ3) is 3.11. The van der Waals surface area contributed by atoms with Crippen LogP contribution in [0.3, 0.4) is 0 Å². The summed E-state index contributed by atoms with van der Waals surface area (Å²) in [5.74, 6) is 1.07. The number of ketones is 1. The number of ether oxygens (including phenoxy) is 2. The molecule has 0 spiro atoms. The number of pyridine rings is 1. The van der Waals surface area contributed by atoms with E-state index in [4.69, 9.17) is 9.47 Å². The molecule has 70 valence electrons. The largest absolute Gasteiger partial charge is 0.484 e. The molecule has 0 aliphatic carbocycles. The Balaban J connectivity index is 2.54. The van der Waals surface area contributed by atoms with Crippen molar-refractivity contribution in [2.45, 2.75) is 6.92 Å². The Morgan fingerprint density at radius 3 is 2.77 bits per heavy atom. The zero-order valence-electron chi connectivity index (χ0n) is 7.61. The standard InChI is InChI=1S/C9H11NO3/c1-7(11)6-13-8-3-4-9(12-2)10-5-8/h3-5H,6H2,1-2H3. The minimum absolute atomic E-state index is 0.0178. The van der Waals surface area contributed by atoms with Gasteiger partial charge in [-0.1, -0.05) is 0 Å². The first-order valence-corrected chi connectivity index (χ1v) is 3.84. The summed E-state index contributed by atoms with van der Waals surface area (Å²) < 4.78 is 9.96. The van der Waals surface area contributed by atoms with E-state index in [0.717, 1.165) is 0 Å². The molecule has 1 aromatic heterocycles. The maximum atomic E-state index is 10.6. The number of aromatic nitrogens is 1. The maximum Gasteiger partial charge on any atom is 0.213 e. The third-order valence-corrected chi connectivity index (χ3v) is 1.36. The minimum Gasteiger partial charge on any atom is -0.484 e. The lowest BCUT2D eigenvalue weighted by Gasteiger charge is -2.03. The van der Waals surface area contributed by atoms with Crippen LogP contribution >= 0.6 is 0 Å². The van der Waals surface area contributed by atoms with Crippen LogP contribution in [-0.4, -0.2) is 24.5 Å². The third-order valence-electron chi connectivity index (χ3n) is 1.36. The molecule has 0 fully saturated rings. The van der Waals surface area contributed by atoms with E-state index in [1.807, 2.05) is 0 Å². The van der Waals surface area contributed by atoms with Crippen LogP contribution in [-0.2, 0) is 4.79 Å². The summed E-state index contributed by atoms with van der Waals surface area (Å²) in [7, 11) is 1.54. The van der Waals surface area contributed by atoms with E-state index in [0.29, 0.717) is 11.6 Å². The Hall–Kier alpha value is -1.58. The SMILES string of the molecule is COc1ccc(OCC(C)=O)cn1. The van der Waals surface area contributed by atoms with Gasteiger partial charge in [-0.05, 0) is 13.0 Å². The Labute approximate surface area is 76.5 Å². The molecule has 0 saturated heterocycles. The average molecular weight is 181 g/mol. The van der Waals surface area contributed by atoms with Crippen molar-refractivity contribution in [1.29, 1.82) is 0 Å². The molecule has 0 saturated carbocycles. The van der Waals surface area contributed by atoms with Crippen molar-refractivity contribution in [3.05, 3.63) is 18.3 Å². The Morgan fingerprint density at radius 1 is 1.54 bits per heavy atom. The molecular formula is C9H11NO3. The molecule has 0 N–H and O–H groups in total. The molecule has 0 aliphatic heterocycles. The van der Waals surface area contributed by atoms with Crippen LogP contribution in [0.25, 0.3) is 0 Å². The van der Waals surface area contributed by atoms with E-state index in [9.17, 15) is 4.79 Å². The van der Waals surface area contributed by atoms with E-state index in [1.165, 1.54) is 13.1 Å². The van der Waals surface area contributed by atoms with Gasteiger partial charge < -0.3 is 9.47 Å². The highest BCUT2D eigenvalue weighted by molar-refractivity contribution is 5.77. The van der Waals surface area contributed by atoms with Crippen LogP contribution in [0.1, 0.15) is 6.92 Å². The highest BCUT2D eigenvalue weighted by Crippen LogP contribution is 2.12. The number of carbonyl (C=O) groups excluding carboxylic acids is 1. The van der Waals surface area contributed by atoms with E-state index in [1.54, 1.807) is 19.2 Å². The maximum absolute atomic E-state index is 10.6. The first-order valence-electron chi connectivity index (χ1n) is 3.84. The topological polar surface area (TPSA) is 48.4 Å². The lowest BCUT2D eigenvalue weighted by atomic mass is 10.4. The van der Waals surface area contributed by atoms with Gasteiger partial charge in [-0.15, -0.1) is 0 Å². The second-order valence-corrected chi connectivity index (χ2v) is 2.53. The number of carbonyl (C=O) groups is 1. The van der Waals surface area contributed by atoms with Gasteiger partial charge in [-0.25, -0.2) is 4.98 Å². The normalized spacial score (nSPS) is 9.38. The Bertz CT molecular complexity index is 281. The fourth-order valence-corrected chi connectivity index (χ4v) is 0.758. The molecular weight excluding hydrogens is 170 g/mol. The summed E-state index contributed by atoms with van der Waals surface area (Å²) >= 11 is 0. The van der Waals surface area contributed by atoms with Crippen LogP contribution in [0.5, 0.6) is 11.6 Å². The monoisotopic (exact) mass is 181 g/mol. The van der Waals surface area contributed by atoms with Gasteiger partial charge in [-0.2, -0.15) is 0 Å².